The van der Waals surface area contributed by atoms with Gasteiger partial charge in [0.05, 0.1) is 16.5 Å². The first kappa shape index (κ1) is 14.1. The highest BCUT2D eigenvalue weighted by Gasteiger charge is 2.15. The lowest BCUT2D eigenvalue weighted by molar-refractivity contribution is -0.131. The highest BCUT2D eigenvalue weighted by molar-refractivity contribution is 9.09. The minimum atomic E-state index is -1.09. The number of ketones is 1. The van der Waals surface area contributed by atoms with Gasteiger partial charge in [0, 0.05) is 6.08 Å². The van der Waals surface area contributed by atoms with Crippen LogP contribution in [0.5, 0.6) is 0 Å². The Balaban J connectivity index is 3.29. The van der Waals surface area contributed by atoms with Gasteiger partial charge >= 0.3 is 5.97 Å². The van der Waals surface area contributed by atoms with Gasteiger partial charge in [-0.2, -0.15) is 5.26 Å². The molecule has 1 aromatic rings. The Kier molecular flexibility index (Phi) is 4.81. The summed E-state index contributed by atoms with van der Waals surface area (Å²) in [7, 11) is 0. The lowest BCUT2D eigenvalue weighted by Crippen LogP contribution is -2.03. The highest BCUT2D eigenvalue weighted by atomic mass is 79.9. The summed E-state index contributed by atoms with van der Waals surface area (Å²) in [6, 6.07) is 6.74. The van der Waals surface area contributed by atoms with E-state index >= 15 is 0 Å². The van der Waals surface area contributed by atoms with Crippen LogP contribution in [0, 0.1) is 11.3 Å². The summed E-state index contributed by atoms with van der Waals surface area (Å²) in [5.74, 6) is -1.18. The number of nitrogens with zero attached hydrogens (tertiary/aromatic N) is 1. The van der Waals surface area contributed by atoms with Gasteiger partial charge in [0.15, 0.2) is 0 Å². The molecule has 4 nitrogen and oxygen atoms in total. The van der Waals surface area contributed by atoms with Crippen LogP contribution in [0.2, 0.25) is 0 Å². The van der Waals surface area contributed by atoms with Gasteiger partial charge < -0.3 is 5.11 Å². The molecule has 0 aliphatic heterocycles. The van der Waals surface area contributed by atoms with Gasteiger partial charge in [0.2, 0.25) is 0 Å². The molecular formula is C13H10BrNO3. The summed E-state index contributed by atoms with van der Waals surface area (Å²) in [5, 5.41) is 17.4. The van der Waals surface area contributed by atoms with E-state index in [2.05, 4.69) is 15.9 Å². The molecule has 0 saturated carbocycles. The van der Waals surface area contributed by atoms with E-state index < -0.39 is 10.8 Å². The number of Topliss-reactive ketones (excluding diaryl/α,β-unsaturated/α-hetero) is 1. The normalized spacial score (nSPS) is 12.1. The van der Waals surface area contributed by atoms with Crippen LogP contribution in [0.25, 0.3) is 6.08 Å². The molecule has 0 aromatic heterocycles. The number of halogens is 1. The Morgan fingerprint density at radius 2 is 2.17 bits per heavy atom. The van der Waals surface area contributed by atoms with Crippen molar-refractivity contribution >= 4 is 33.8 Å². The van der Waals surface area contributed by atoms with Crippen LogP contribution in [0.4, 0.5) is 0 Å². The number of hydrogen-bond acceptors (Lipinski definition) is 3. The molecule has 0 aliphatic rings. The highest BCUT2D eigenvalue weighted by Crippen LogP contribution is 2.28. The fourth-order valence-electron chi connectivity index (χ4n) is 1.40. The van der Waals surface area contributed by atoms with Crippen LogP contribution in [0.1, 0.15) is 28.4 Å². The van der Waals surface area contributed by atoms with Gasteiger partial charge in [0.1, 0.15) is 5.78 Å². The maximum atomic E-state index is 11.3. The number of carbonyl (C=O) groups is 2. The third-order valence-corrected chi connectivity index (χ3v) is 3.39. The van der Waals surface area contributed by atoms with Gasteiger partial charge in [-0.1, -0.05) is 22.0 Å². The second kappa shape index (κ2) is 6.12. The van der Waals surface area contributed by atoms with E-state index in [4.69, 9.17) is 10.4 Å². The third kappa shape index (κ3) is 3.54. The number of hydrogen-bond donors (Lipinski definition) is 1. The molecule has 1 N–H and O–H groups in total. The van der Waals surface area contributed by atoms with E-state index in [1.54, 1.807) is 18.2 Å². The smallest absolute Gasteiger partial charge is 0.328 e. The van der Waals surface area contributed by atoms with E-state index in [0.29, 0.717) is 16.7 Å². The molecule has 0 aliphatic carbocycles. The van der Waals surface area contributed by atoms with Crippen molar-refractivity contribution in [1.29, 1.82) is 5.26 Å². The van der Waals surface area contributed by atoms with Crippen molar-refractivity contribution in [3.63, 3.8) is 0 Å². The fourth-order valence-corrected chi connectivity index (χ4v) is 1.82. The standard InChI is InChI=1S/C13H10BrNO3/c1-8(16)13(14)11-4-2-9(7-15)6-10(11)3-5-12(17)18/h2-6,13H,1H3,(H,17,18). The molecule has 0 spiro atoms. The monoisotopic (exact) mass is 307 g/mol. The number of benzene rings is 1. The maximum Gasteiger partial charge on any atom is 0.328 e. The number of nitriles is 1. The molecule has 1 aromatic carbocycles. The maximum absolute atomic E-state index is 11.3. The van der Waals surface area contributed by atoms with Crippen LogP contribution in [-0.4, -0.2) is 16.9 Å². The number of alkyl halides is 1. The van der Waals surface area contributed by atoms with Crippen LogP contribution in [0.3, 0.4) is 0 Å². The van der Waals surface area contributed by atoms with Gasteiger partial charge in [-0.15, -0.1) is 0 Å². The van der Waals surface area contributed by atoms with Crippen LogP contribution >= 0.6 is 15.9 Å². The van der Waals surface area contributed by atoms with Crippen molar-refractivity contribution < 1.29 is 14.7 Å². The lowest BCUT2D eigenvalue weighted by atomic mass is 9.99. The molecular weight excluding hydrogens is 298 g/mol. The summed E-state index contributed by atoms with van der Waals surface area (Å²) in [5.41, 5.74) is 1.58. The molecule has 0 amide bonds. The molecule has 1 unspecified atom stereocenters. The third-order valence-electron chi connectivity index (χ3n) is 2.25. The lowest BCUT2D eigenvalue weighted by Gasteiger charge is -2.10. The first-order chi connectivity index (χ1) is 8.45. The summed E-state index contributed by atoms with van der Waals surface area (Å²) in [6.45, 7) is 1.43. The van der Waals surface area contributed by atoms with E-state index in [1.807, 2.05) is 6.07 Å². The second-order valence-corrected chi connectivity index (χ2v) is 4.52. The SMILES string of the molecule is CC(=O)C(Br)c1ccc(C#N)cc1C=CC(=O)O. The first-order valence-electron chi connectivity index (χ1n) is 5.05. The van der Waals surface area contributed by atoms with Crippen molar-refractivity contribution in [3.8, 4) is 6.07 Å². The summed E-state index contributed by atoms with van der Waals surface area (Å²) < 4.78 is 0. The topological polar surface area (TPSA) is 78.2 Å². The Hall–Kier alpha value is -1.93. The number of carbonyl (C=O) groups excluding carboxylic acids is 1. The summed E-state index contributed by atoms with van der Waals surface area (Å²) >= 11 is 3.24. The van der Waals surface area contributed by atoms with Crippen LogP contribution in [0.15, 0.2) is 24.3 Å². The van der Waals surface area contributed by atoms with Crippen LogP contribution in [-0.2, 0) is 9.59 Å². The Labute approximate surface area is 113 Å². The molecule has 18 heavy (non-hydrogen) atoms. The second-order valence-electron chi connectivity index (χ2n) is 3.60. The van der Waals surface area contributed by atoms with E-state index in [9.17, 15) is 9.59 Å². The Morgan fingerprint density at radius 3 is 2.67 bits per heavy atom. The first-order valence-corrected chi connectivity index (χ1v) is 5.97. The Morgan fingerprint density at radius 1 is 1.50 bits per heavy atom. The average molecular weight is 308 g/mol. The molecule has 0 radical (unpaired) electrons. The van der Waals surface area contributed by atoms with E-state index in [0.717, 1.165) is 6.08 Å². The van der Waals surface area contributed by atoms with E-state index in [1.165, 1.54) is 13.0 Å². The van der Waals surface area contributed by atoms with Crippen molar-refractivity contribution in [1.82, 2.24) is 0 Å². The van der Waals surface area contributed by atoms with Crippen LogP contribution < -0.4 is 0 Å². The van der Waals surface area contributed by atoms with Crippen molar-refractivity contribution in [2.75, 3.05) is 0 Å². The van der Waals surface area contributed by atoms with Gasteiger partial charge in [-0.25, -0.2) is 4.79 Å². The van der Waals surface area contributed by atoms with Gasteiger partial charge in [-0.3, -0.25) is 4.79 Å². The zero-order valence-corrected chi connectivity index (χ0v) is 11.1. The number of carboxylic acid groups (broad SMARTS) is 1. The van der Waals surface area contributed by atoms with Gasteiger partial charge in [-0.05, 0) is 36.3 Å². The minimum Gasteiger partial charge on any atom is -0.478 e. The average Bonchev–Trinajstić information content (AvgIpc) is 2.34. The minimum absolute atomic E-state index is 0.0929. The summed E-state index contributed by atoms with van der Waals surface area (Å²) in [4.78, 5) is 21.3. The number of aliphatic carboxylic acids is 1. The largest absolute Gasteiger partial charge is 0.478 e. The zero-order chi connectivity index (χ0) is 13.7. The number of carboxylic acids is 1. The predicted molar refractivity (Wildman–Crippen MR) is 70.2 cm³/mol. The quantitative estimate of drug-likeness (QED) is 0.685. The predicted octanol–water partition coefficient (Wildman–Crippen LogP) is 2.68. The van der Waals surface area contributed by atoms with Crippen molar-refractivity contribution in [3.05, 3.63) is 41.0 Å². The van der Waals surface area contributed by atoms with Gasteiger partial charge in [0.25, 0.3) is 0 Å². The molecule has 0 heterocycles. The molecule has 5 heteroatoms. The molecule has 92 valence electrons. The molecule has 1 atom stereocenters. The van der Waals surface area contributed by atoms with E-state index in [-0.39, 0.29) is 5.78 Å². The zero-order valence-electron chi connectivity index (χ0n) is 9.55. The fraction of sp³-hybridized carbons (Fsp3) is 0.154. The molecule has 0 bridgehead atoms. The summed E-state index contributed by atoms with van der Waals surface area (Å²) in [6.07, 6.45) is 2.34. The Bertz CT molecular complexity index is 558. The molecule has 0 fully saturated rings. The molecule has 0 saturated heterocycles. The van der Waals surface area contributed by atoms with Crippen molar-refractivity contribution in [2.24, 2.45) is 0 Å². The van der Waals surface area contributed by atoms with Crippen molar-refractivity contribution in [2.45, 2.75) is 11.8 Å². The number of rotatable bonds is 4. The molecule has 1 rings (SSSR count).